The Labute approximate surface area is 182 Å². The molecular formula is C18H19N5O4S3. The standard InChI is InChI=1S/C18H19N5O4S3/c24-15(20-11-16-19-7-10-28-16)12-29-18-22-21-17(27-18)13-3-5-14(6-4-13)30(25,26)23-8-1-2-9-23/h3-7,10H,1-2,8-9,11-12H2,(H,20,24). The van der Waals surface area contributed by atoms with Crippen LogP contribution in [0.3, 0.4) is 0 Å². The molecule has 0 unspecified atom stereocenters. The molecule has 2 aromatic heterocycles. The molecule has 0 radical (unpaired) electrons. The van der Waals surface area contributed by atoms with Crippen molar-refractivity contribution in [3.8, 4) is 11.5 Å². The lowest BCUT2D eigenvalue weighted by Gasteiger charge is -2.15. The van der Waals surface area contributed by atoms with Gasteiger partial charge in [-0.1, -0.05) is 11.8 Å². The SMILES string of the molecule is O=C(CSc1nnc(-c2ccc(S(=O)(=O)N3CCCC3)cc2)o1)NCc1nccs1. The number of benzene rings is 1. The number of amides is 1. The van der Waals surface area contributed by atoms with Gasteiger partial charge in [0.1, 0.15) is 5.01 Å². The monoisotopic (exact) mass is 465 g/mol. The van der Waals surface area contributed by atoms with Gasteiger partial charge in [-0.2, -0.15) is 4.31 Å². The molecule has 0 saturated carbocycles. The van der Waals surface area contributed by atoms with Crippen LogP contribution in [-0.4, -0.2) is 52.7 Å². The number of hydrogen-bond donors (Lipinski definition) is 1. The average Bonchev–Trinajstić information content (AvgIpc) is 3.53. The van der Waals surface area contributed by atoms with Crippen molar-refractivity contribution in [3.05, 3.63) is 40.8 Å². The number of rotatable bonds is 8. The lowest BCUT2D eigenvalue weighted by Crippen LogP contribution is -2.27. The molecule has 1 amide bonds. The number of hydrogen-bond acceptors (Lipinski definition) is 9. The van der Waals surface area contributed by atoms with E-state index in [1.165, 1.54) is 15.6 Å². The number of sulfonamides is 1. The second kappa shape index (κ2) is 9.25. The van der Waals surface area contributed by atoms with Crippen LogP contribution in [0.2, 0.25) is 0 Å². The van der Waals surface area contributed by atoms with Crippen LogP contribution in [0, 0.1) is 0 Å². The van der Waals surface area contributed by atoms with Crippen molar-refractivity contribution in [1.82, 2.24) is 24.8 Å². The molecule has 9 nitrogen and oxygen atoms in total. The third-order valence-corrected chi connectivity index (χ3v) is 7.97. The maximum absolute atomic E-state index is 12.6. The van der Waals surface area contributed by atoms with E-state index < -0.39 is 10.0 Å². The van der Waals surface area contributed by atoms with E-state index in [1.807, 2.05) is 5.38 Å². The zero-order valence-corrected chi connectivity index (χ0v) is 18.3. The number of thiazole rings is 1. The van der Waals surface area contributed by atoms with Crippen LogP contribution in [0.15, 0.2) is 50.4 Å². The number of carbonyl (C=O) groups is 1. The highest BCUT2D eigenvalue weighted by atomic mass is 32.2. The van der Waals surface area contributed by atoms with E-state index >= 15 is 0 Å². The van der Waals surface area contributed by atoms with Crippen LogP contribution in [0.25, 0.3) is 11.5 Å². The smallest absolute Gasteiger partial charge is 0.277 e. The number of nitrogens with zero attached hydrogens (tertiary/aromatic N) is 4. The van der Waals surface area contributed by atoms with Gasteiger partial charge in [-0.05, 0) is 37.1 Å². The van der Waals surface area contributed by atoms with E-state index in [0.29, 0.717) is 25.2 Å². The summed E-state index contributed by atoms with van der Waals surface area (Å²) in [6, 6.07) is 6.38. The Morgan fingerprint density at radius 3 is 2.67 bits per heavy atom. The first-order valence-electron chi connectivity index (χ1n) is 9.24. The topological polar surface area (TPSA) is 118 Å². The van der Waals surface area contributed by atoms with Crippen LogP contribution >= 0.6 is 23.1 Å². The molecule has 0 spiro atoms. The molecule has 30 heavy (non-hydrogen) atoms. The average molecular weight is 466 g/mol. The second-order valence-electron chi connectivity index (χ2n) is 6.50. The largest absolute Gasteiger partial charge is 0.411 e. The van der Waals surface area contributed by atoms with E-state index in [2.05, 4.69) is 20.5 Å². The lowest BCUT2D eigenvalue weighted by molar-refractivity contribution is -0.118. The highest BCUT2D eigenvalue weighted by Gasteiger charge is 2.27. The Morgan fingerprint density at radius 1 is 1.20 bits per heavy atom. The molecule has 1 saturated heterocycles. The van der Waals surface area contributed by atoms with E-state index in [4.69, 9.17) is 4.42 Å². The molecule has 3 heterocycles. The summed E-state index contributed by atoms with van der Waals surface area (Å²) in [5.74, 6) is 0.247. The molecule has 12 heteroatoms. The van der Waals surface area contributed by atoms with Gasteiger partial charge in [-0.3, -0.25) is 4.79 Å². The summed E-state index contributed by atoms with van der Waals surface area (Å²) in [5, 5.41) is 13.7. The van der Waals surface area contributed by atoms with Crippen molar-refractivity contribution >= 4 is 39.0 Å². The zero-order chi connectivity index (χ0) is 21.0. The van der Waals surface area contributed by atoms with Gasteiger partial charge in [0, 0.05) is 30.2 Å². The third kappa shape index (κ3) is 4.89. The zero-order valence-electron chi connectivity index (χ0n) is 15.9. The van der Waals surface area contributed by atoms with Crippen molar-refractivity contribution in [2.45, 2.75) is 29.5 Å². The normalized spacial score (nSPS) is 14.8. The highest BCUT2D eigenvalue weighted by Crippen LogP contribution is 2.26. The number of aromatic nitrogens is 3. The highest BCUT2D eigenvalue weighted by molar-refractivity contribution is 7.99. The molecule has 1 N–H and O–H groups in total. The second-order valence-corrected chi connectivity index (χ2v) is 10.3. The van der Waals surface area contributed by atoms with Crippen LogP contribution < -0.4 is 5.32 Å². The fourth-order valence-corrected chi connectivity index (χ4v) is 5.59. The lowest BCUT2D eigenvalue weighted by atomic mass is 10.2. The summed E-state index contributed by atoms with van der Waals surface area (Å²) in [6.07, 6.45) is 3.47. The Hall–Kier alpha value is -2.28. The van der Waals surface area contributed by atoms with E-state index in [-0.39, 0.29) is 27.7 Å². The number of carbonyl (C=O) groups excluding carboxylic acids is 1. The van der Waals surface area contributed by atoms with Gasteiger partial charge in [-0.15, -0.1) is 21.5 Å². The minimum Gasteiger partial charge on any atom is -0.411 e. The van der Waals surface area contributed by atoms with Gasteiger partial charge in [0.05, 0.1) is 17.2 Å². The quantitative estimate of drug-likeness (QED) is 0.504. The number of thioether (sulfide) groups is 1. The van der Waals surface area contributed by atoms with Gasteiger partial charge >= 0.3 is 0 Å². The molecule has 4 rings (SSSR count). The Kier molecular flexibility index (Phi) is 6.46. The fraction of sp³-hybridized carbons (Fsp3) is 0.333. The van der Waals surface area contributed by atoms with Gasteiger partial charge in [0.25, 0.3) is 5.22 Å². The molecule has 0 aliphatic carbocycles. The minimum atomic E-state index is -3.46. The molecule has 158 valence electrons. The molecule has 3 aromatic rings. The Bertz CT molecular complexity index is 1090. The third-order valence-electron chi connectivity index (χ3n) is 4.46. The first kappa shape index (κ1) is 21.0. The van der Waals surface area contributed by atoms with Crippen molar-refractivity contribution in [3.63, 3.8) is 0 Å². The Balaban J connectivity index is 1.33. The molecule has 0 bridgehead atoms. The Morgan fingerprint density at radius 2 is 1.97 bits per heavy atom. The summed E-state index contributed by atoms with van der Waals surface area (Å²) >= 11 is 2.61. The van der Waals surface area contributed by atoms with Gasteiger partial charge < -0.3 is 9.73 Å². The van der Waals surface area contributed by atoms with Crippen LogP contribution in [0.1, 0.15) is 17.8 Å². The molecule has 1 fully saturated rings. The van der Waals surface area contributed by atoms with Gasteiger partial charge in [-0.25, -0.2) is 13.4 Å². The first-order valence-corrected chi connectivity index (χ1v) is 12.5. The van der Waals surface area contributed by atoms with Crippen molar-refractivity contribution in [2.24, 2.45) is 0 Å². The van der Waals surface area contributed by atoms with Crippen molar-refractivity contribution in [1.29, 1.82) is 0 Å². The predicted octanol–water partition coefficient (Wildman–Crippen LogP) is 2.39. The van der Waals surface area contributed by atoms with Gasteiger partial charge in [0.15, 0.2) is 0 Å². The summed E-state index contributed by atoms with van der Waals surface area (Å²) in [6.45, 7) is 1.51. The molecule has 0 atom stereocenters. The van der Waals surface area contributed by atoms with E-state index in [1.54, 1.807) is 30.5 Å². The molecular weight excluding hydrogens is 446 g/mol. The molecule has 1 aliphatic rings. The minimum absolute atomic E-state index is 0.139. The summed E-state index contributed by atoms with van der Waals surface area (Å²) in [4.78, 5) is 16.3. The van der Waals surface area contributed by atoms with E-state index in [0.717, 1.165) is 29.6 Å². The summed E-state index contributed by atoms with van der Waals surface area (Å²) in [5.41, 5.74) is 0.614. The van der Waals surface area contributed by atoms with Crippen molar-refractivity contribution in [2.75, 3.05) is 18.8 Å². The van der Waals surface area contributed by atoms with Crippen LogP contribution in [0.4, 0.5) is 0 Å². The molecule has 1 aliphatic heterocycles. The predicted molar refractivity (Wildman–Crippen MR) is 112 cm³/mol. The van der Waals surface area contributed by atoms with Crippen LogP contribution in [-0.2, 0) is 21.4 Å². The van der Waals surface area contributed by atoms with Gasteiger partial charge in [0.2, 0.25) is 21.8 Å². The maximum Gasteiger partial charge on any atom is 0.277 e. The summed E-state index contributed by atoms with van der Waals surface area (Å²) in [7, 11) is -3.46. The van der Waals surface area contributed by atoms with Crippen LogP contribution in [0.5, 0.6) is 0 Å². The summed E-state index contributed by atoms with van der Waals surface area (Å²) < 4.78 is 32.3. The number of nitrogens with one attached hydrogen (secondary N) is 1. The molecule has 1 aromatic carbocycles. The first-order chi connectivity index (χ1) is 14.5. The van der Waals surface area contributed by atoms with E-state index in [9.17, 15) is 13.2 Å². The van der Waals surface area contributed by atoms with Crippen molar-refractivity contribution < 1.29 is 17.6 Å². The fourth-order valence-electron chi connectivity index (χ4n) is 2.92. The maximum atomic E-state index is 12.6.